The number of benzene rings is 1. The van der Waals surface area contributed by atoms with E-state index in [-0.39, 0.29) is 6.10 Å². The fraction of sp³-hybridized carbons (Fsp3) is 0.562. The van der Waals surface area contributed by atoms with E-state index in [1.807, 2.05) is 24.3 Å². The molecule has 1 aliphatic rings. The van der Waals surface area contributed by atoms with Gasteiger partial charge in [0.1, 0.15) is 0 Å². The number of hydrogen-bond donors (Lipinski definition) is 2. The van der Waals surface area contributed by atoms with Crippen LogP contribution in [-0.2, 0) is 6.54 Å². The van der Waals surface area contributed by atoms with Crippen molar-refractivity contribution in [3.63, 3.8) is 0 Å². The minimum atomic E-state index is -0.223. The van der Waals surface area contributed by atoms with E-state index in [0.717, 1.165) is 12.1 Å². The zero-order valence-corrected chi connectivity index (χ0v) is 11.3. The summed E-state index contributed by atoms with van der Waals surface area (Å²) < 4.78 is 0. The van der Waals surface area contributed by atoms with Gasteiger partial charge in [0.15, 0.2) is 0 Å². The Morgan fingerprint density at radius 1 is 1.21 bits per heavy atom. The summed E-state index contributed by atoms with van der Waals surface area (Å²) in [6.07, 6.45) is 5.95. The van der Waals surface area contributed by atoms with Crippen molar-refractivity contribution in [3.05, 3.63) is 35.4 Å². The van der Waals surface area contributed by atoms with Crippen LogP contribution in [0.4, 0.5) is 0 Å². The van der Waals surface area contributed by atoms with E-state index in [4.69, 9.17) is 5.26 Å². The third-order valence-electron chi connectivity index (χ3n) is 3.96. The molecule has 2 N–H and O–H groups in total. The van der Waals surface area contributed by atoms with Crippen LogP contribution >= 0.6 is 0 Å². The predicted molar refractivity (Wildman–Crippen MR) is 75.4 cm³/mol. The molecular weight excluding hydrogens is 236 g/mol. The Balaban J connectivity index is 1.71. The van der Waals surface area contributed by atoms with Gasteiger partial charge in [0.05, 0.1) is 17.7 Å². The van der Waals surface area contributed by atoms with Crippen molar-refractivity contribution in [1.29, 1.82) is 5.26 Å². The number of hydrogen-bond acceptors (Lipinski definition) is 3. The van der Waals surface area contributed by atoms with E-state index >= 15 is 0 Å². The Morgan fingerprint density at radius 3 is 2.53 bits per heavy atom. The van der Waals surface area contributed by atoms with Crippen LogP contribution in [0, 0.1) is 17.2 Å². The minimum Gasteiger partial charge on any atom is -0.392 e. The van der Waals surface area contributed by atoms with Crippen LogP contribution in [0.25, 0.3) is 0 Å². The van der Waals surface area contributed by atoms with Crippen LogP contribution < -0.4 is 5.32 Å². The highest BCUT2D eigenvalue weighted by atomic mass is 16.3. The largest absolute Gasteiger partial charge is 0.392 e. The standard InChI is InChI=1S/C16H22N2O/c17-10-13-6-8-14(9-7-13)11-18-12-16(19)15-4-2-1-3-5-15/h6-9,15-16,18-19H,1-5,11-12H2. The van der Waals surface area contributed by atoms with Crippen LogP contribution in [0.1, 0.15) is 43.2 Å². The smallest absolute Gasteiger partial charge is 0.0991 e. The summed E-state index contributed by atoms with van der Waals surface area (Å²) in [5, 5.41) is 22.2. The second-order valence-electron chi connectivity index (χ2n) is 5.41. The topological polar surface area (TPSA) is 56.0 Å². The fourth-order valence-electron chi connectivity index (χ4n) is 2.75. The van der Waals surface area contributed by atoms with Crippen LogP contribution in [-0.4, -0.2) is 17.8 Å². The van der Waals surface area contributed by atoms with Crippen LogP contribution in [0.15, 0.2) is 24.3 Å². The number of aliphatic hydroxyl groups excluding tert-OH is 1. The normalized spacial score (nSPS) is 17.9. The highest BCUT2D eigenvalue weighted by Gasteiger charge is 2.20. The zero-order valence-electron chi connectivity index (χ0n) is 11.3. The third kappa shape index (κ3) is 4.34. The highest BCUT2D eigenvalue weighted by Crippen LogP contribution is 2.26. The van der Waals surface area contributed by atoms with Gasteiger partial charge in [-0.05, 0) is 36.5 Å². The van der Waals surface area contributed by atoms with Gasteiger partial charge >= 0.3 is 0 Å². The minimum absolute atomic E-state index is 0.223. The van der Waals surface area contributed by atoms with E-state index < -0.39 is 0 Å². The second-order valence-corrected chi connectivity index (χ2v) is 5.41. The first-order valence-electron chi connectivity index (χ1n) is 7.17. The third-order valence-corrected chi connectivity index (χ3v) is 3.96. The second kappa shape index (κ2) is 7.28. The summed E-state index contributed by atoms with van der Waals surface area (Å²) >= 11 is 0. The summed E-state index contributed by atoms with van der Waals surface area (Å²) in [4.78, 5) is 0. The molecule has 1 aliphatic carbocycles. The molecule has 2 rings (SSSR count). The number of rotatable bonds is 5. The molecule has 102 valence electrons. The van der Waals surface area contributed by atoms with Crippen LogP contribution in [0.3, 0.4) is 0 Å². The number of aliphatic hydroxyl groups is 1. The molecule has 1 fully saturated rings. The number of nitriles is 1. The monoisotopic (exact) mass is 258 g/mol. The molecule has 0 amide bonds. The molecule has 1 saturated carbocycles. The lowest BCUT2D eigenvalue weighted by atomic mass is 9.85. The van der Waals surface area contributed by atoms with Gasteiger partial charge in [-0.3, -0.25) is 0 Å². The van der Waals surface area contributed by atoms with Gasteiger partial charge in [-0.15, -0.1) is 0 Å². The van der Waals surface area contributed by atoms with Gasteiger partial charge in [0, 0.05) is 13.1 Å². The molecule has 0 spiro atoms. The van der Waals surface area contributed by atoms with E-state index in [1.54, 1.807) is 0 Å². The first-order chi connectivity index (χ1) is 9.29. The molecule has 0 bridgehead atoms. The van der Waals surface area contributed by atoms with Gasteiger partial charge in [0.25, 0.3) is 0 Å². The number of nitrogens with one attached hydrogen (secondary N) is 1. The average Bonchev–Trinajstić information content (AvgIpc) is 2.49. The Hall–Kier alpha value is -1.37. The van der Waals surface area contributed by atoms with Crippen molar-refractivity contribution in [2.24, 2.45) is 5.92 Å². The van der Waals surface area contributed by atoms with E-state index in [1.165, 1.54) is 32.1 Å². The maximum Gasteiger partial charge on any atom is 0.0991 e. The molecule has 19 heavy (non-hydrogen) atoms. The maximum atomic E-state index is 10.1. The molecule has 0 aliphatic heterocycles. The Morgan fingerprint density at radius 2 is 1.89 bits per heavy atom. The lowest BCUT2D eigenvalue weighted by Gasteiger charge is -2.26. The van der Waals surface area contributed by atoms with E-state index in [9.17, 15) is 5.11 Å². The number of nitrogens with zero attached hydrogens (tertiary/aromatic N) is 1. The first-order valence-corrected chi connectivity index (χ1v) is 7.17. The summed E-state index contributed by atoms with van der Waals surface area (Å²) in [6.45, 7) is 1.40. The van der Waals surface area contributed by atoms with Crippen molar-refractivity contribution in [3.8, 4) is 6.07 Å². The molecule has 1 aromatic carbocycles. The fourth-order valence-corrected chi connectivity index (χ4v) is 2.75. The van der Waals surface area contributed by atoms with Crippen molar-refractivity contribution < 1.29 is 5.11 Å². The summed E-state index contributed by atoms with van der Waals surface area (Å²) in [5.41, 5.74) is 1.83. The van der Waals surface area contributed by atoms with Crippen molar-refractivity contribution in [1.82, 2.24) is 5.32 Å². The van der Waals surface area contributed by atoms with Crippen LogP contribution in [0.2, 0.25) is 0 Å². The van der Waals surface area contributed by atoms with Crippen molar-refractivity contribution in [2.75, 3.05) is 6.54 Å². The van der Waals surface area contributed by atoms with Gasteiger partial charge in [-0.1, -0.05) is 31.4 Å². The molecule has 0 aromatic heterocycles. The predicted octanol–water partition coefficient (Wildman–Crippen LogP) is 2.59. The molecule has 0 saturated heterocycles. The Labute approximate surface area is 115 Å². The summed E-state index contributed by atoms with van der Waals surface area (Å²) in [5.74, 6) is 0.474. The van der Waals surface area contributed by atoms with Gasteiger partial charge in [-0.25, -0.2) is 0 Å². The molecule has 0 heterocycles. The lowest BCUT2D eigenvalue weighted by Crippen LogP contribution is -2.33. The van der Waals surface area contributed by atoms with Crippen molar-refractivity contribution in [2.45, 2.75) is 44.8 Å². The molecule has 1 aromatic rings. The van der Waals surface area contributed by atoms with Crippen molar-refractivity contribution >= 4 is 0 Å². The molecule has 3 nitrogen and oxygen atoms in total. The molecule has 1 atom stereocenters. The lowest BCUT2D eigenvalue weighted by molar-refractivity contribution is 0.0839. The molecular formula is C16H22N2O. The molecule has 1 unspecified atom stereocenters. The SMILES string of the molecule is N#Cc1ccc(CNCC(O)C2CCCCC2)cc1. The Kier molecular flexibility index (Phi) is 5.38. The van der Waals surface area contributed by atoms with Crippen LogP contribution in [0.5, 0.6) is 0 Å². The summed E-state index contributed by atoms with van der Waals surface area (Å²) in [7, 11) is 0. The quantitative estimate of drug-likeness (QED) is 0.853. The highest BCUT2D eigenvalue weighted by molar-refractivity contribution is 5.31. The van der Waals surface area contributed by atoms with Gasteiger partial charge < -0.3 is 10.4 Å². The Bertz CT molecular complexity index is 415. The molecule has 3 heteroatoms. The van der Waals surface area contributed by atoms with E-state index in [0.29, 0.717) is 18.0 Å². The summed E-state index contributed by atoms with van der Waals surface area (Å²) in [6, 6.07) is 9.68. The van der Waals surface area contributed by atoms with Gasteiger partial charge in [-0.2, -0.15) is 5.26 Å². The zero-order chi connectivity index (χ0) is 13.5. The average molecular weight is 258 g/mol. The first kappa shape index (κ1) is 14.0. The molecule has 0 radical (unpaired) electrons. The van der Waals surface area contributed by atoms with E-state index in [2.05, 4.69) is 11.4 Å². The maximum absolute atomic E-state index is 10.1. The van der Waals surface area contributed by atoms with Gasteiger partial charge in [0.2, 0.25) is 0 Å².